The number of rotatable bonds is 4. The number of hydrogen-bond donors (Lipinski definition) is 1. The van der Waals surface area contributed by atoms with Gasteiger partial charge in [-0.05, 0) is 6.07 Å². The van der Waals surface area contributed by atoms with Gasteiger partial charge in [-0.2, -0.15) is 13.2 Å². The van der Waals surface area contributed by atoms with E-state index < -0.39 is 18.6 Å². The standard InChI is InChI=1S/C14H19F3N2O.2ClH/c1-20-13-5-3-2-4-11(13)12(10-14(15,16)17)19-8-6-18-7-9-19;;/h2-5,12,18H,6-10H2,1H3;2*1H/t12-;;/m0../s1. The van der Waals surface area contributed by atoms with Crippen LogP contribution in [-0.4, -0.2) is 44.4 Å². The Kier molecular flexibility index (Phi) is 9.15. The highest BCUT2D eigenvalue weighted by atomic mass is 35.5. The van der Waals surface area contributed by atoms with Crippen molar-refractivity contribution in [3.05, 3.63) is 29.8 Å². The summed E-state index contributed by atoms with van der Waals surface area (Å²) in [4.78, 5) is 1.88. The smallest absolute Gasteiger partial charge is 0.390 e. The summed E-state index contributed by atoms with van der Waals surface area (Å²) in [7, 11) is 1.49. The minimum atomic E-state index is -4.20. The summed E-state index contributed by atoms with van der Waals surface area (Å²) in [5, 5.41) is 3.16. The average Bonchev–Trinajstić information content (AvgIpc) is 2.45. The zero-order valence-electron chi connectivity index (χ0n) is 12.2. The summed E-state index contributed by atoms with van der Waals surface area (Å²) in [6, 6.07) is 6.26. The van der Waals surface area contributed by atoms with Gasteiger partial charge in [0.1, 0.15) is 5.75 Å². The second-order valence-electron chi connectivity index (χ2n) is 4.86. The molecule has 1 saturated heterocycles. The lowest BCUT2D eigenvalue weighted by Gasteiger charge is -2.36. The van der Waals surface area contributed by atoms with Crippen LogP contribution in [-0.2, 0) is 0 Å². The molecule has 128 valence electrons. The van der Waals surface area contributed by atoms with Crippen molar-refractivity contribution >= 4 is 24.8 Å². The first-order valence-electron chi connectivity index (χ1n) is 6.65. The number of halogens is 5. The van der Waals surface area contributed by atoms with Crippen molar-refractivity contribution in [2.24, 2.45) is 0 Å². The fraction of sp³-hybridized carbons (Fsp3) is 0.571. The Bertz CT molecular complexity index is 440. The number of methoxy groups -OCH3 is 1. The van der Waals surface area contributed by atoms with Crippen molar-refractivity contribution in [2.45, 2.75) is 18.6 Å². The summed E-state index contributed by atoms with van der Waals surface area (Å²) in [5.41, 5.74) is 0.606. The monoisotopic (exact) mass is 360 g/mol. The highest BCUT2D eigenvalue weighted by Gasteiger charge is 2.37. The largest absolute Gasteiger partial charge is 0.496 e. The first-order chi connectivity index (χ1) is 9.51. The van der Waals surface area contributed by atoms with Gasteiger partial charge in [0.25, 0.3) is 0 Å². The number of piperazine rings is 1. The van der Waals surface area contributed by atoms with Crippen molar-refractivity contribution in [2.75, 3.05) is 33.3 Å². The molecule has 1 fully saturated rings. The van der Waals surface area contributed by atoms with Crippen LogP contribution in [0.1, 0.15) is 18.0 Å². The Morgan fingerprint density at radius 1 is 1.18 bits per heavy atom. The predicted octanol–water partition coefficient (Wildman–Crippen LogP) is 3.44. The third-order valence-corrected chi connectivity index (χ3v) is 3.52. The molecule has 1 aromatic rings. The minimum absolute atomic E-state index is 0. The number of para-hydroxylation sites is 1. The SMILES string of the molecule is COc1ccccc1[C@H](CC(F)(F)F)N1CCNCC1.Cl.Cl. The van der Waals surface area contributed by atoms with Crippen molar-refractivity contribution in [3.8, 4) is 5.75 Å². The van der Waals surface area contributed by atoms with Crippen LogP contribution < -0.4 is 10.1 Å². The maximum absolute atomic E-state index is 12.9. The predicted molar refractivity (Wildman–Crippen MR) is 85.3 cm³/mol. The first-order valence-corrected chi connectivity index (χ1v) is 6.65. The van der Waals surface area contributed by atoms with Crippen LogP contribution >= 0.6 is 24.8 Å². The Morgan fingerprint density at radius 2 is 1.77 bits per heavy atom. The first kappa shape index (κ1) is 21.3. The molecule has 3 nitrogen and oxygen atoms in total. The van der Waals surface area contributed by atoms with Crippen molar-refractivity contribution in [3.63, 3.8) is 0 Å². The van der Waals surface area contributed by atoms with E-state index in [1.54, 1.807) is 24.3 Å². The van der Waals surface area contributed by atoms with Crippen molar-refractivity contribution in [1.82, 2.24) is 10.2 Å². The van der Waals surface area contributed by atoms with E-state index in [1.807, 2.05) is 4.90 Å². The number of benzene rings is 1. The van der Waals surface area contributed by atoms with Gasteiger partial charge in [-0.1, -0.05) is 18.2 Å². The molecule has 1 atom stereocenters. The molecular formula is C14H21Cl2F3N2O. The van der Waals surface area contributed by atoms with Gasteiger partial charge in [-0.3, -0.25) is 4.90 Å². The molecule has 2 rings (SSSR count). The average molecular weight is 361 g/mol. The fourth-order valence-electron chi connectivity index (χ4n) is 2.59. The van der Waals surface area contributed by atoms with Gasteiger partial charge < -0.3 is 10.1 Å². The number of hydrogen-bond acceptors (Lipinski definition) is 3. The zero-order valence-corrected chi connectivity index (χ0v) is 13.9. The second-order valence-corrected chi connectivity index (χ2v) is 4.86. The Labute approximate surface area is 141 Å². The van der Waals surface area contributed by atoms with Crippen molar-refractivity contribution < 1.29 is 17.9 Å². The minimum Gasteiger partial charge on any atom is -0.496 e. The molecule has 0 spiro atoms. The van der Waals surface area contributed by atoms with E-state index >= 15 is 0 Å². The summed E-state index contributed by atoms with van der Waals surface area (Å²) >= 11 is 0. The maximum atomic E-state index is 12.9. The lowest BCUT2D eigenvalue weighted by Crippen LogP contribution is -2.46. The highest BCUT2D eigenvalue weighted by Crippen LogP contribution is 2.37. The van der Waals surface area contributed by atoms with Gasteiger partial charge in [0.05, 0.1) is 13.5 Å². The molecule has 0 saturated carbocycles. The lowest BCUT2D eigenvalue weighted by molar-refractivity contribution is -0.148. The van der Waals surface area contributed by atoms with E-state index in [2.05, 4.69) is 5.32 Å². The Balaban J connectivity index is 0.00000220. The molecular weight excluding hydrogens is 340 g/mol. The van der Waals surface area contributed by atoms with Crippen LogP contribution in [0.3, 0.4) is 0 Å². The molecule has 0 aliphatic carbocycles. The zero-order chi connectivity index (χ0) is 14.6. The van der Waals surface area contributed by atoms with Crippen molar-refractivity contribution in [1.29, 1.82) is 0 Å². The molecule has 0 amide bonds. The molecule has 1 aromatic carbocycles. The van der Waals surface area contributed by atoms with E-state index in [0.717, 1.165) is 0 Å². The molecule has 1 aliphatic rings. The molecule has 0 bridgehead atoms. The topological polar surface area (TPSA) is 24.5 Å². The van der Waals surface area contributed by atoms with E-state index in [4.69, 9.17) is 4.74 Å². The van der Waals surface area contributed by atoms with E-state index in [0.29, 0.717) is 37.5 Å². The molecule has 1 aliphatic heterocycles. The number of nitrogens with zero attached hydrogens (tertiary/aromatic N) is 1. The molecule has 8 heteroatoms. The summed E-state index contributed by atoms with van der Waals surface area (Å²) in [6.45, 7) is 2.64. The highest BCUT2D eigenvalue weighted by molar-refractivity contribution is 5.85. The van der Waals surface area contributed by atoms with Crippen LogP contribution in [0.2, 0.25) is 0 Å². The summed E-state index contributed by atoms with van der Waals surface area (Å²) in [6.07, 6.45) is -5.05. The third-order valence-electron chi connectivity index (χ3n) is 3.52. The lowest BCUT2D eigenvalue weighted by atomic mass is 9.99. The van der Waals surface area contributed by atoms with Crippen LogP contribution in [0.4, 0.5) is 13.2 Å². The molecule has 0 unspecified atom stereocenters. The van der Waals surface area contributed by atoms with Crippen LogP contribution in [0, 0.1) is 0 Å². The van der Waals surface area contributed by atoms with Gasteiger partial charge in [0.2, 0.25) is 0 Å². The molecule has 0 aromatic heterocycles. The van der Waals surface area contributed by atoms with Crippen LogP contribution in [0.25, 0.3) is 0 Å². The van der Waals surface area contributed by atoms with E-state index in [1.165, 1.54) is 7.11 Å². The van der Waals surface area contributed by atoms with Gasteiger partial charge in [-0.15, -0.1) is 24.8 Å². The molecule has 22 heavy (non-hydrogen) atoms. The third kappa shape index (κ3) is 5.83. The van der Waals surface area contributed by atoms with E-state index in [-0.39, 0.29) is 24.8 Å². The summed E-state index contributed by atoms with van der Waals surface area (Å²) < 4.78 is 43.9. The van der Waals surface area contributed by atoms with Gasteiger partial charge >= 0.3 is 6.18 Å². The van der Waals surface area contributed by atoms with Crippen LogP contribution in [0.5, 0.6) is 5.75 Å². The van der Waals surface area contributed by atoms with Gasteiger partial charge in [0.15, 0.2) is 0 Å². The number of alkyl halides is 3. The molecule has 1 N–H and O–H groups in total. The quantitative estimate of drug-likeness (QED) is 0.889. The van der Waals surface area contributed by atoms with E-state index in [9.17, 15) is 13.2 Å². The second kappa shape index (κ2) is 9.45. The molecule has 1 heterocycles. The number of nitrogens with one attached hydrogen (secondary N) is 1. The maximum Gasteiger partial charge on any atom is 0.390 e. The Hall–Kier alpha value is -0.690. The fourth-order valence-corrected chi connectivity index (χ4v) is 2.59. The molecule has 0 radical (unpaired) electrons. The Morgan fingerprint density at radius 3 is 2.32 bits per heavy atom. The van der Waals surface area contributed by atoms with Crippen LogP contribution in [0.15, 0.2) is 24.3 Å². The normalized spacial score (nSPS) is 17.1. The van der Waals surface area contributed by atoms with Gasteiger partial charge in [0, 0.05) is 37.8 Å². The number of ether oxygens (including phenoxy) is 1. The van der Waals surface area contributed by atoms with Gasteiger partial charge in [-0.25, -0.2) is 0 Å². The summed E-state index contributed by atoms with van der Waals surface area (Å²) in [5.74, 6) is 0.514.